The van der Waals surface area contributed by atoms with Gasteiger partial charge in [-0.2, -0.15) is 0 Å². The molecule has 11 nitrogen and oxygen atoms in total. The first kappa shape index (κ1) is 19.3. The standard InChI is InChI=1S/C11H16N2O9/c12-5(1-2-7(14)15)8(16)13-6(11(21)22)3-4(9(17)18)10(19)20/h4-6H,1-3,12H2,(H,13,16)(H,14,15)(H,17,18)(H,19,20)(H,21,22)/t5-,6-/m0/s1. The number of hydrogen-bond acceptors (Lipinski definition) is 6. The highest BCUT2D eigenvalue weighted by Crippen LogP contribution is 2.09. The molecule has 0 heterocycles. The van der Waals surface area contributed by atoms with Crippen LogP contribution in [0.3, 0.4) is 0 Å². The highest BCUT2D eigenvalue weighted by molar-refractivity contribution is 5.94. The van der Waals surface area contributed by atoms with Gasteiger partial charge in [-0.15, -0.1) is 0 Å². The molecule has 0 unspecified atom stereocenters. The molecular formula is C11H16N2O9. The normalized spacial score (nSPS) is 13.2. The molecule has 0 fully saturated rings. The molecule has 0 aliphatic rings. The molecule has 124 valence electrons. The third-order valence-corrected chi connectivity index (χ3v) is 2.69. The lowest BCUT2D eigenvalue weighted by molar-refractivity contribution is -0.156. The molecule has 22 heavy (non-hydrogen) atoms. The number of carboxylic acid groups (broad SMARTS) is 4. The van der Waals surface area contributed by atoms with Crippen molar-refractivity contribution < 1.29 is 44.4 Å². The molecule has 0 spiro atoms. The lowest BCUT2D eigenvalue weighted by Gasteiger charge is -2.19. The van der Waals surface area contributed by atoms with E-state index in [1.54, 1.807) is 0 Å². The van der Waals surface area contributed by atoms with Gasteiger partial charge in [-0.3, -0.25) is 19.2 Å². The van der Waals surface area contributed by atoms with Crippen molar-refractivity contribution in [3.05, 3.63) is 0 Å². The average Bonchev–Trinajstić information content (AvgIpc) is 2.38. The number of carbonyl (C=O) groups excluding carboxylic acids is 1. The highest BCUT2D eigenvalue weighted by Gasteiger charge is 2.33. The van der Waals surface area contributed by atoms with Crippen LogP contribution in [0.2, 0.25) is 0 Å². The summed E-state index contributed by atoms with van der Waals surface area (Å²) in [5.74, 6) is -9.35. The summed E-state index contributed by atoms with van der Waals surface area (Å²) in [6.07, 6.45) is -1.55. The number of nitrogens with one attached hydrogen (secondary N) is 1. The Hall–Kier alpha value is -2.69. The number of carboxylic acids is 4. The molecule has 11 heteroatoms. The molecule has 7 N–H and O–H groups in total. The maximum atomic E-state index is 11.6. The second-order valence-electron chi connectivity index (χ2n) is 4.40. The van der Waals surface area contributed by atoms with Crippen LogP contribution in [0.5, 0.6) is 0 Å². The van der Waals surface area contributed by atoms with Crippen molar-refractivity contribution in [3.8, 4) is 0 Å². The van der Waals surface area contributed by atoms with E-state index in [4.69, 9.17) is 26.2 Å². The largest absolute Gasteiger partial charge is 0.481 e. The van der Waals surface area contributed by atoms with E-state index in [1.165, 1.54) is 0 Å². The second-order valence-corrected chi connectivity index (χ2v) is 4.40. The Morgan fingerprint density at radius 3 is 1.77 bits per heavy atom. The van der Waals surface area contributed by atoms with E-state index < -0.39 is 60.6 Å². The number of aliphatic carboxylic acids is 4. The van der Waals surface area contributed by atoms with Gasteiger partial charge in [-0.05, 0) is 6.42 Å². The minimum absolute atomic E-state index is 0.255. The molecule has 0 aliphatic carbocycles. The van der Waals surface area contributed by atoms with Crippen LogP contribution >= 0.6 is 0 Å². The molecule has 0 aromatic heterocycles. The van der Waals surface area contributed by atoms with Gasteiger partial charge < -0.3 is 31.5 Å². The zero-order chi connectivity index (χ0) is 17.4. The first-order valence-corrected chi connectivity index (χ1v) is 6.02. The zero-order valence-corrected chi connectivity index (χ0v) is 11.3. The SMILES string of the molecule is N[C@@H](CCC(=O)O)C(=O)N[C@@H](CC(C(=O)O)C(=O)O)C(=O)O. The van der Waals surface area contributed by atoms with Crippen molar-refractivity contribution in [2.45, 2.75) is 31.3 Å². The first-order valence-electron chi connectivity index (χ1n) is 6.02. The molecule has 1 amide bonds. The molecule has 0 aromatic carbocycles. The molecular weight excluding hydrogens is 304 g/mol. The van der Waals surface area contributed by atoms with Crippen LogP contribution in [0.1, 0.15) is 19.3 Å². The third kappa shape index (κ3) is 6.65. The van der Waals surface area contributed by atoms with Gasteiger partial charge in [0.05, 0.1) is 6.04 Å². The summed E-state index contributed by atoms with van der Waals surface area (Å²) in [4.78, 5) is 54.4. The Balaban J connectivity index is 4.80. The fourth-order valence-electron chi connectivity index (χ4n) is 1.45. The summed E-state index contributed by atoms with van der Waals surface area (Å²) < 4.78 is 0. The van der Waals surface area contributed by atoms with Crippen LogP contribution < -0.4 is 11.1 Å². The Morgan fingerprint density at radius 1 is 0.909 bits per heavy atom. The lowest BCUT2D eigenvalue weighted by Crippen LogP contribution is -2.50. The summed E-state index contributed by atoms with van der Waals surface area (Å²) in [5, 5.41) is 36.6. The third-order valence-electron chi connectivity index (χ3n) is 2.69. The van der Waals surface area contributed by atoms with Crippen molar-refractivity contribution in [2.24, 2.45) is 11.7 Å². The quantitative estimate of drug-likeness (QED) is 0.242. The van der Waals surface area contributed by atoms with Crippen molar-refractivity contribution >= 4 is 29.8 Å². The minimum atomic E-state index is -2.02. The maximum absolute atomic E-state index is 11.6. The van der Waals surface area contributed by atoms with Crippen LogP contribution in [0, 0.1) is 5.92 Å². The number of rotatable bonds is 10. The van der Waals surface area contributed by atoms with Crippen LogP contribution in [-0.2, 0) is 24.0 Å². The van der Waals surface area contributed by atoms with Crippen molar-refractivity contribution in [2.75, 3.05) is 0 Å². The summed E-state index contributed by atoms with van der Waals surface area (Å²) in [5.41, 5.74) is 5.36. The first-order chi connectivity index (χ1) is 10.1. The van der Waals surface area contributed by atoms with E-state index in [0.29, 0.717) is 0 Å². The molecule has 0 radical (unpaired) electrons. The van der Waals surface area contributed by atoms with Crippen molar-refractivity contribution in [1.29, 1.82) is 0 Å². The molecule has 0 bridgehead atoms. The predicted molar refractivity (Wildman–Crippen MR) is 67.8 cm³/mol. The number of carbonyl (C=O) groups is 5. The molecule has 0 aliphatic heterocycles. The van der Waals surface area contributed by atoms with E-state index in [1.807, 2.05) is 5.32 Å². The van der Waals surface area contributed by atoms with Gasteiger partial charge in [0.2, 0.25) is 5.91 Å². The minimum Gasteiger partial charge on any atom is -0.481 e. The average molecular weight is 320 g/mol. The summed E-state index contributed by atoms with van der Waals surface area (Å²) in [7, 11) is 0. The number of amides is 1. The number of nitrogens with two attached hydrogens (primary N) is 1. The van der Waals surface area contributed by atoms with Gasteiger partial charge in [0.25, 0.3) is 0 Å². The predicted octanol–water partition coefficient (Wildman–Crippen LogP) is -2.08. The molecule has 0 rings (SSSR count). The molecule has 0 aromatic rings. The van der Waals surface area contributed by atoms with Gasteiger partial charge in [0, 0.05) is 12.8 Å². The van der Waals surface area contributed by atoms with Gasteiger partial charge in [0.1, 0.15) is 6.04 Å². The van der Waals surface area contributed by atoms with E-state index >= 15 is 0 Å². The summed E-state index contributed by atoms with van der Waals surface area (Å²) in [6, 6.07) is -3.09. The topological polar surface area (TPSA) is 204 Å². The molecule has 0 saturated heterocycles. The molecule has 2 atom stereocenters. The maximum Gasteiger partial charge on any atom is 0.326 e. The summed E-state index contributed by atoms with van der Waals surface area (Å²) in [6.45, 7) is 0. The second kappa shape index (κ2) is 8.56. The van der Waals surface area contributed by atoms with Crippen LogP contribution in [0.15, 0.2) is 0 Å². The highest BCUT2D eigenvalue weighted by atomic mass is 16.4. The Morgan fingerprint density at radius 2 is 1.41 bits per heavy atom. The van der Waals surface area contributed by atoms with E-state index in [9.17, 15) is 24.0 Å². The van der Waals surface area contributed by atoms with Crippen LogP contribution in [0.25, 0.3) is 0 Å². The smallest absolute Gasteiger partial charge is 0.326 e. The number of hydrogen-bond donors (Lipinski definition) is 6. The fraction of sp³-hybridized carbons (Fsp3) is 0.545. The van der Waals surface area contributed by atoms with Crippen LogP contribution in [0.4, 0.5) is 0 Å². The summed E-state index contributed by atoms with van der Waals surface area (Å²) >= 11 is 0. The molecule has 0 saturated carbocycles. The Labute approximate surface area is 123 Å². The van der Waals surface area contributed by atoms with Crippen LogP contribution in [-0.4, -0.2) is 62.3 Å². The van der Waals surface area contributed by atoms with E-state index in [2.05, 4.69) is 0 Å². The Kier molecular flexibility index (Phi) is 7.52. The van der Waals surface area contributed by atoms with Crippen molar-refractivity contribution in [3.63, 3.8) is 0 Å². The van der Waals surface area contributed by atoms with Crippen molar-refractivity contribution in [1.82, 2.24) is 5.32 Å². The van der Waals surface area contributed by atoms with Gasteiger partial charge in [0.15, 0.2) is 5.92 Å². The monoisotopic (exact) mass is 320 g/mol. The Bertz CT molecular complexity index is 462. The van der Waals surface area contributed by atoms with E-state index in [-0.39, 0.29) is 6.42 Å². The van der Waals surface area contributed by atoms with Gasteiger partial charge in [-0.1, -0.05) is 0 Å². The zero-order valence-electron chi connectivity index (χ0n) is 11.3. The fourth-order valence-corrected chi connectivity index (χ4v) is 1.45. The van der Waals surface area contributed by atoms with Gasteiger partial charge >= 0.3 is 23.9 Å². The van der Waals surface area contributed by atoms with Gasteiger partial charge in [-0.25, -0.2) is 4.79 Å². The lowest BCUT2D eigenvalue weighted by atomic mass is 9.99. The van der Waals surface area contributed by atoms with E-state index in [0.717, 1.165) is 0 Å².